The summed E-state index contributed by atoms with van der Waals surface area (Å²) in [4.78, 5) is 9.12. The van der Waals surface area contributed by atoms with E-state index in [1.54, 1.807) is 0 Å². The predicted molar refractivity (Wildman–Crippen MR) is 65.2 cm³/mol. The predicted octanol–water partition coefficient (Wildman–Crippen LogP) is 3.25. The smallest absolute Gasteiger partial charge is 0.144 e. The lowest BCUT2D eigenvalue weighted by Gasteiger charge is -2.24. The topological polar surface area (TPSA) is 37.8 Å². The molecule has 0 unspecified atom stereocenters. The number of nitrogens with one attached hydrogen (secondary N) is 1. The lowest BCUT2D eigenvalue weighted by molar-refractivity contribution is 0.401. The third-order valence-corrected chi connectivity index (χ3v) is 3.80. The van der Waals surface area contributed by atoms with Gasteiger partial charge in [0.2, 0.25) is 0 Å². The number of nitrogens with zero attached hydrogens (tertiary/aromatic N) is 2. The van der Waals surface area contributed by atoms with E-state index in [9.17, 15) is 0 Å². The summed E-state index contributed by atoms with van der Waals surface area (Å²) in [5.41, 5.74) is 1.03. The van der Waals surface area contributed by atoms with Crippen molar-refractivity contribution in [1.82, 2.24) is 9.97 Å². The molecular weight excluding hydrogens is 254 g/mol. The zero-order valence-corrected chi connectivity index (χ0v) is 10.8. The molecule has 0 amide bonds. The van der Waals surface area contributed by atoms with Crippen LogP contribution >= 0.6 is 15.9 Å². The Kier molecular flexibility index (Phi) is 3.24. The van der Waals surface area contributed by atoms with E-state index in [1.165, 1.54) is 19.3 Å². The molecule has 0 saturated heterocycles. The summed E-state index contributed by atoms with van der Waals surface area (Å²) < 4.78 is 0.993. The standard InChI is InChI=1S/C11H16BrN3/c1-3-13-11-9(12)7(2)14-10(15-11)8-5-4-6-8/h8H,3-6H2,1-2H3,(H,13,14,15). The van der Waals surface area contributed by atoms with Crippen LogP contribution in [-0.4, -0.2) is 16.5 Å². The monoisotopic (exact) mass is 269 g/mol. The summed E-state index contributed by atoms with van der Waals surface area (Å²) in [5.74, 6) is 2.54. The summed E-state index contributed by atoms with van der Waals surface area (Å²) in [6.07, 6.45) is 3.80. The molecule has 0 aromatic carbocycles. The Morgan fingerprint density at radius 1 is 1.40 bits per heavy atom. The fourth-order valence-electron chi connectivity index (χ4n) is 1.71. The maximum absolute atomic E-state index is 4.58. The van der Waals surface area contributed by atoms with E-state index in [-0.39, 0.29) is 0 Å². The molecule has 15 heavy (non-hydrogen) atoms. The normalized spacial score (nSPS) is 16.2. The van der Waals surface area contributed by atoms with E-state index in [0.29, 0.717) is 5.92 Å². The van der Waals surface area contributed by atoms with Crippen LogP contribution in [0.3, 0.4) is 0 Å². The van der Waals surface area contributed by atoms with Crippen LogP contribution in [0, 0.1) is 6.92 Å². The van der Waals surface area contributed by atoms with Gasteiger partial charge in [-0.3, -0.25) is 0 Å². The van der Waals surface area contributed by atoms with Crippen LogP contribution in [0.2, 0.25) is 0 Å². The van der Waals surface area contributed by atoms with Crippen LogP contribution in [0.15, 0.2) is 4.47 Å². The maximum atomic E-state index is 4.58. The Morgan fingerprint density at radius 2 is 2.13 bits per heavy atom. The highest BCUT2D eigenvalue weighted by molar-refractivity contribution is 9.10. The second-order valence-electron chi connectivity index (χ2n) is 3.99. The van der Waals surface area contributed by atoms with Gasteiger partial charge in [-0.2, -0.15) is 0 Å². The Bertz CT molecular complexity index is 361. The van der Waals surface area contributed by atoms with Gasteiger partial charge in [0, 0.05) is 12.5 Å². The van der Waals surface area contributed by atoms with Crippen LogP contribution in [0.1, 0.15) is 43.6 Å². The highest BCUT2D eigenvalue weighted by Crippen LogP contribution is 2.36. The molecule has 0 atom stereocenters. The van der Waals surface area contributed by atoms with Gasteiger partial charge in [-0.1, -0.05) is 6.42 Å². The van der Waals surface area contributed by atoms with Crippen molar-refractivity contribution in [2.45, 2.75) is 39.0 Å². The minimum atomic E-state index is 0.592. The fraction of sp³-hybridized carbons (Fsp3) is 0.636. The fourth-order valence-corrected chi connectivity index (χ4v) is 2.03. The molecule has 1 N–H and O–H groups in total. The zero-order valence-electron chi connectivity index (χ0n) is 9.18. The summed E-state index contributed by atoms with van der Waals surface area (Å²) in [6.45, 7) is 4.99. The average Bonchev–Trinajstić information content (AvgIpc) is 2.11. The first-order valence-corrected chi connectivity index (χ1v) is 6.29. The highest BCUT2D eigenvalue weighted by atomic mass is 79.9. The minimum absolute atomic E-state index is 0.592. The van der Waals surface area contributed by atoms with E-state index < -0.39 is 0 Å². The average molecular weight is 270 g/mol. The minimum Gasteiger partial charge on any atom is -0.369 e. The van der Waals surface area contributed by atoms with Crippen molar-refractivity contribution >= 4 is 21.7 Å². The first-order valence-electron chi connectivity index (χ1n) is 5.50. The molecule has 4 heteroatoms. The quantitative estimate of drug-likeness (QED) is 0.916. The Labute approximate surface area is 98.8 Å². The number of anilines is 1. The third kappa shape index (κ3) is 2.14. The van der Waals surface area contributed by atoms with Gasteiger partial charge in [-0.05, 0) is 42.6 Å². The van der Waals surface area contributed by atoms with Crippen molar-refractivity contribution in [3.8, 4) is 0 Å². The van der Waals surface area contributed by atoms with Crippen molar-refractivity contribution in [2.75, 3.05) is 11.9 Å². The maximum Gasteiger partial charge on any atom is 0.144 e. The number of halogens is 1. The van der Waals surface area contributed by atoms with Gasteiger partial charge < -0.3 is 5.32 Å². The molecule has 1 fully saturated rings. The lowest BCUT2D eigenvalue weighted by atomic mass is 9.85. The molecule has 0 radical (unpaired) electrons. The molecule has 2 rings (SSSR count). The van der Waals surface area contributed by atoms with Gasteiger partial charge in [0.25, 0.3) is 0 Å². The van der Waals surface area contributed by atoms with Gasteiger partial charge >= 0.3 is 0 Å². The van der Waals surface area contributed by atoms with Gasteiger partial charge in [-0.15, -0.1) is 0 Å². The van der Waals surface area contributed by atoms with Gasteiger partial charge in [0.05, 0.1) is 10.2 Å². The highest BCUT2D eigenvalue weighted by Gasteiger charge is 2.23. The Balaban J connectivity index is 2.31. The summed E-state index contributed by atoms with van der Waals surface area (Å²) >= 11 is 3.52. The van der Waals surface area contributed by atoms with E-state index in [4.69, 9.17) is 0 Å². The number of rotatable bonds is 3. The molecule has 3 nitrogen and oxygen atoms in total. The van der Waals surface area contributed by atoms with Gasteiger partial charge in [0.1, 0.15) is 11.6 Å². The molecule has 0 aliphatic heterocycles. The van der Waals surface area contributed by atoms with Gasteiger partial charge in [-0.25, -0.2) is 9.97 Å². The molecule has 82 valence electrons. The molecule has 1 aromatic heterocycles. The summed E-state index contributed by atoms with van der Waals surface area (Å²) in [6, 6.07) is 0. The third-order valence-electron chi connectivity index (χ3n) is 2.85. The molecular formula is C11H16BrN3. The molecule has 1 aliphatic rings. The molecule has 0 spiro atoms. The van der Waals surface area contributed by atoms with Crippen molar-refractivity contribution in [1.29, 1.82) is 0 Å². The zero-order chi connectivity index (χ0) is 10.8. The molecule has 1 aliphatic carbocycles. The van der Waals surface area contributed by atoms with Crippen LogP contribution in [0.4, 0.5) is 5.82 Å². The van der Waals surface area contributed by atoms with Crippen LogP contribution < -0.4 is 5.32 Å². The van der Waals surface area contributed by atoms with E-state index >= 15 is 0 Å². The number of aryl methyl sites for hydroxylation is 1. The molecule has 1 aromatic rings. The van der Waals surface area contributed by atoms with Crippen LogP contribution in [0.25, 0.3) is 0 Å². The van der Waals surface area contributed by atoms with Crippen molar-refractivity contribution < 1.29 is 0 Å². The second-order valence-corrected chi connectivity index (χ2v) is 4.78. The van der Waals surface area contributed by atoms with Crippen molar-refractivity contribution in [2.24, 2.45) is 0 Å². The van der Waals surface area contributed by atoms with E-state index in [0.717, 1.165) is 28.4 Å². The van der Waals surface area contributed by atoms with E-state index in [1.807, 2.05) is 6.92 Å². The van der Waals surface area contributed by atoms with Crippen molar-refractivity contribution in [3.05, 3.63) is 16.0 Å². The van der Waals surface area contributed by atoms with Crippen molar-refractivity contribution in [3.63, 3.8) is 0 Å². The Morgan fingerprint density at radius 3 is 2.67 bits per heavy atom. The Hall–Kier alpha value is -0.640. The number of aromatic nitrogens is 2. The van der Waals surface area contributed by atoms with Crippen LogP contribution in [-0.2, 0) is 0 Å². The SMILES string of the molecule is CCNc1nc(C2CCC2)nc(C)c1Br. The molecule has 1 saturated carbocycles. The molecule has 1 heterocycles. The molecule has 0 bridgehead atoms. The van der Waals surface area contributed by atoms with Gasteiger partial charge in [0.15, 0.2) is 0 Å². The number of hydrogen-bond acceptors (Lipinski definition) is 3. The first kappa shape index (κ1) is 10.9. The summed E-state index contributed by atoms with van der Waals surface area (Å²) in [7, 11) is 0. The summed E-state index contributed by atoms with van der Waals surface area (Å²) in [5, 5.41) is 3.26. The largest absolute Gasteiger partial charge is 0.369 e. The number of hydrogen-bond donors (Lipinski definition) is 1. The van der Waals surface area contributed by atoms with E-state index in [2.05, 4.69) is 38.1 Å². The lowest BCUT2D eigenvalue weighted by Crippen LogP contribution is -2.15. The second kappa shape index (κ2) is 4.47. The first-order chi connectivity index (χ1) is 7.22. The van der Waals surface area contributed by atoms with Crippen LogP contribution in [0.5, 0.6) is 0 Å².